The van der Waals surface area contributed by atoms with Crippen molar-refractivity contribution in [2.45, 2.75) is 38.6 Å². The van der Waals surface area contributed by atoms with E-state index >= 15 is 0 Å². The van der Waals surface area contributed by atoms with Crippen molar-refractivity contribution in [3.05, 3.63) is 0 Å². The maximum atomic E-state index is 11.9. The number of rotatable bonds is 3. The Morgan fingerprint density at radius 1 is 1.47 bits per heavy atom. The quantitative estimate of drug-likeness (QED) is 0.715. The molecule has 2 unspecified atom stereocenters. The van der Waals surface area contributed by atoms with E-state index in [1.165, 1.54) is 4.90 Å². The molecule has 4 heteroatoms. The molecule has 4 nitrogen and oxygen atoms in total. The van der Waals surface area contributed by atoms with Crippen LogP contribution in [-0.2, 0) is 4.79 Å². The average molecular weight is 210 g/mol. The first-order valence-electron chi connectivity index (χ1n) is 5.67. The molecule has 1 saturated carbocycles. The molecule has 2 rings (SSSR count). The monoisotopic (exact) mass is 210 g/mol. The van der Waals surface area contributed by atoms with Gasteiger partial charge in [-0.25, -0.2) is 4.79 Å². The Labute approximate surface area is 90.0 Å². The molecule has 1 saturated heterocycles. The van der Waals surface area contributed by atoms with Gasteiger partial charge in [-0.05, 0) is 18.3 Å². The van der Waals surface area contributed by atoms with E-state index in [1.807, 2.05) is 0 Å². The third-order valence-corrected chi connectivity index (χ3v) is 3.95. The van der Waals surface area contributed by atoms with Gasteiger partial charge in [0.05, 0.1) is 0 Å². The van der Waals surface area contributed by atoms with Gasteiger partial charge in [-0.1, -0.05) is 26.7 Å². The van der Waals surface area contributed by atoms with Crippen LogP contribution in [0.3, 0.4) is 0 Å². The SMILES string of the molecule is CCC(CC)C1CC12NC(=O)N(C)C2=O. The van der Waals surface area contributed by atoms with Crippen LogP contribution in [-0.4, -0.2) is 29.4 Å². The van der Waals surface area contributed by atoms with Gasteiger partial charge in [0.1, 0.15) is 5.54 Å². The van der Waals surface area contributed by atoms with Crippen LogP contribution >= 0.6 is 0 Å². The molecule has 2 aliphatic rings. The Kier molecular flexibility index (Phi) is 2.24. The maximum Gasteiger partial charge on any atom is 0.324 e. The van der Waals surface area contributed by atoms with Crippen LogP contribution in [0.2, 0.25) is 0 Å². The second kappa shape index (κ2) is 3.22. The largest absolute Gasteiger partial charge is 0.324 e. The van der Waals surface area contributed by atoms with E-state index in [0.717, 1.165) is 19.3 Å². The van der Waals surface area contributed by atoms with Crippen molar-refractivity contribution in [1.82, 2.24) is 10.2 Å². The van der Waals surface area contributed by atoms with Crippen LogP contribution in [0, 0.1) is 11.8 Å². The van der Waals surface area contributed by atoms with Crippen molar-refractivity contribution in [2.75, 3.05) is 7.05 Å². The molecule has 1 N–H and O–H groups in total. The molecule has 1 aliphatic heterocycles. The number of carbonyl (C=O) groups is 2. The van der Waals surface area contributed by atoms with Crippen molar-refractivity contribution in [2.24, 2.45) is 11.8 Å². The van der Waals surface area contributed by atoms with Gasteiger partial charge < -0.3 is 5.32 Å². The lowest BCUT2D eigenvalue weighted by atomic mass is 9.94. The number of imide groups is 1. The molecule has 1 heterocycles. The van der Waals surface area contributed by atoms with E-state index in [-0.39, 0.29) is 11.9 Å². The minimum atomic E-state index is -0.525. The fourth-order valence-electron chi connectivity index (χ4n) is 2.82. The van der Waals surface area contributed by atoms with Gasteiger partial charge in [-0.2, -0.15) is 0 Å². The highest BCUT2D eigenvalue weighted by Crippen LogP contribution is 2.53. The number of nitrogens with zero attached hydrogens (tertiary/aromatic N) is 1. The predicted octanol–water partition coefficient (Wildman–Crippen LogP) is 1.36. The number of hydrogen-bond donors (Lipinski definition) is 1. The van der Waals surface area contributed by atoms with E-state index in [1.54, 1.807) is 7.05 Å². The Hall–Kier alpha value is -1.06. The summed E-state index contributed by atoms with van der Waals surface area (Å²) in [4.78, 5) is 24.5. The molecule has 15 heavy (non-hydrogen) atoms. The smallest absolute Gasteiger partial charge is 0.323 e. The number of likely N-dealkylation sites (N-methyl/N-ethyl adjacent to an activating group) is 1. The molecule has 0 bridgehead atoms. The normalized spacial score (nSPS) is 34.1. The fourth-order valence-corrected chi connectivity index (χ4v) is 2.82. The Morgan fingerprint density at radius 3 is 2.47 bits per heavy atom. The van der Waals surface area contributed by atoms with Gasteiger partial charge in [0.25, 0.3) is 5.91 Å². The van der Waals surface area contributed by atoms with Gasteiger partial charge in [0.15, 0.2) is 0 Å². The lowest BCUT2D eigenvalue weighted by molar-refractivity contribution is -0.127. The number of carbonyl (C=O) groups excluding carboxylic acids is 2. The number of amides is 3. The van der Waals surface area contributed by atoms with Crippen LogP contribution < -0.4 is 5.32 Å². The second-order valence-electron chi connectivity index (χ2n) is 4.65. The fraction of sp³-hybridized carbons (Fsp3) is 0.818. The zero-order chi connectivity index (χ0) is 11.2. The number of hydrogen-bond acceptors (Lipinski definition) is 2. The maximum absolute atomic E-state index is 11.9. The van der Waals surface area contributed by atoms with Gasteiger partial charge in [0, 0.05) is 7.05 Å². The van der Waals surface area contributed by atoms with Crippen LogP contribution in [0.15, 0.2) is 0 Å². The van der Waals surface area contributed by atoms with Gasteiger partial charge in [0.2, 0.25) is 0 Å². The summed E-state index contributed by atoms with van der Waals surface area (Å²) in [5.41, 5.74) is -0.525. The third kappa shape index (κ3) is 1.27. The molecule has 2 atom stereocenters. The van der Waals surface area contributed by atoms with Crippen molar-refractivity contribution in [3.8, 4) is 0 Å². The van der Waals surface area contributed by atoms with E-state index in [2.05, 4.69) is 19.2 Å². The zero-order valence-electron chi connectivity index (χ0n) is 9.54. The van der Waals surface area contributed by atoms with Crippen LogP contribution in [0.4, 0.5) is 4.79 Å². The number of urea groups is 1. The minimum absolute atomic E-state index is 0.0376. The molecule has 0 aromatic heterocycles. The highest BCUT2D eigenvalue weighted by Gasteiger charge is 2.67. The summed E-state index contributed by atoms with van der Waals surface area (Å²) < 4.78 is 0. The first kappa shape index (κ1) is 10.5. The van der Waals surface area contributed by atoms with Crippen LogP contribution in [0.25, 0.3) is 0 Å². The first-order valence-corrected chi connectivity index (χ1v) is 5.67. The Morgan fingerprint density at radius 2 is 2.07 bits per heavy atom. The average Bonchev–Trinajstić information content (AvgIpc) is 2.88. The summed E-state index contributed by atoms with van der Waals surface area (Å²) in [5, 5.41) is 2.84. The summed E-state index contributed by atoms with van der Waals surface area (Å²) >= 11 is 0. The highest BCUT2D eigenvalue weighted by molar-refractivity contribution is 6.09. The minimum Gasteiger partial charge on any atom is -0.323 e. The second-order valence-corrected chi connectivity index (χ2v) is 4.65. The number of nitrogens with one attached hydrogen (secondary N) is 1. The van der Waals surface area contributed by atoms with Crippen molar-refractivity contribution in [1.29, 1.82) is 0 Å². The van der Waals surface area contributed by atoms with Crippen molar-refractivity contribution < 1.29 is 9.59 Å². The lowest BCUT2D eigenvalue weighted by Gasteiger charge is -2.14. The summed E-state index contributed by atoms with van der Waals surface area (Å²) in [6.07, 6.45) is 2.99. The molecule has 0 aromatic rings. The summed E-state index contributed by atoms with van der Waals surface area (Å²) in [6.45, 7) is 4.29. The topological polar surface area (TPSA) is 49.4 Å². The van der Waals surface area contributed by atoms with Crippen molar-refractivity contribution in [3.63, 3.8) is 0 Å². The summed E-state index contributed by atoms with van der Waals surface area (Å²) in [6, 6.07) is -0.242. The Bertz CT molecular complexity index is 312. The molecule has 3 amide bonds. The molecule has 0 aromatic carbocycles. The molecule has 0 radical (unpaired) electrons. The summed E-state index contributed by atoms with van der Waals surface area (Å²) in [7, 11) is 1.55. The van der Waals surface area contributed by atoms with Gasteiger partial charge in [-0.3, -0.25) is 9.69 Å². The lowest BCUT2D eigenvalue weighted by Crippen LogP contribution is -2.35. The third-order valence-electron chi connectivity index (χ3n) is 3.95. The van der Waals surface area contributed by atoms with E-state index in [0.29, 0.717) is 11.8 Å². The van der Waals surface area contributed by atoms with E-state index < -0.39 is 5.54 Å². The molecule has 1 aliphatic carbocycles. The zero-order valence-corrected chi connectivity index (χ0v) is 9.54. The molecule has 84 valence electrons. The molecule has 1 spiro atoms. The highest BCUT2D eigenvalue weighted by atomic mass is 16.2. The predicted molar refractivity (Wildman–Crippen MR) is 56.2 cm³/mol. The standard InChI is InChI=1S/C11H18N2O2/c1-4-7(5-2)8-6-11(8)9(14)13(3)10(15)12-11/h7-8H,4-6H2,1-3H3,(H,12,15). The summed E-state index contributed by atoms with van der Waals surface area (Å²) in [5.74, 6) is 0.874. The molecular weight excluding hydrogens is 192 g/mol. The van der Waals surface area contributed by atoms with Crippen molar-refractivity contribution >= 4 is 11.9 Å². The molecule has 2 fully saturated rings. The van der Waals surface area contributed by atoms with Crippen LogP contribution in [0.5, 0.6) is 0 Å². The van der Waals surface area contributed by atoms with E-state index in [4.69, 9.17) is 0 Å². The first-order chi connectivity index (χ1) is 7.06. The van der Waals surface area contributed by atoms with Gasteiger partial charge in [-0.15, -0.1) is 0 Å². The van der Waals surface area contributed by atoms with E-state index in [9.17, 15) is 9.59 Å². The molecular formula is C11H18N2O2. The van der Waals surface area contributed by atoms with Crippen LogP contribution in [0.1, 0.15) is 33.1 Å². The Balaban J connectivity index is 2.14. The van der Waals surface area contributed by atoms with Gasteiger partial charge >= 0.3 is 6.03 Å².